The second kappa shape index (κ2) is 5.24. The van der Waals surface area contributed by atoms with Gasteiger partial charge in [-0.2, -0.15) is 10.2 Å². The van der Waals surface area contributed by atoms with Gasteiger partial charge in [0.05, 0.1) is 28.2 Å². The molecule has 2 heterocycles. The molecule has 0 aliphatic heterocycles. The molecule has 0 bridgehead atoms. The molecule has 0 spiro atoms. The summed E-state index contributed by atoms with van der Waals surface area (Å²) in [6.07, 6.45) is 3.49. The average Bonchev–Trinajstić information content (AvgIpc) is 2.88. The quantitative estimate of drug-likeness (QED) is 0.939. The van der Waals surface area contributed by atoms with Crippen molar-refractivity contribution in [2.45, 2.75) is 32.9 Å². The number of aromatic nitrogens is 4. The zero-order valence-corrected chi connectivity index (χ0v) is 12.3. The van der Waals surface area contributed by atoms with Gasteiger partial charge in [0.2, 0.25) is 0 Å². The van der Waals surface area contributed by atoms with Crippen molar-refractivity contribution in [1.82, 2.24) is 19.6 Å². The molecule has 0 amide bonds. The lowest BCUT2D eigenvalue weighted by Gasteiger charge is -2.10. The van der Waals surface area contributed by atoms with Crippen LogP contribution in [0.4, 0.5) is 0 Å². The van der Waals surface area contributed by atoms with Gasteiger partial charge < -0.3 is 5.11 Å². The second-order valence-corrected chi connectivity index (χ2v) is 5.12. The summed E-state index contributed by atoms with van der Waals surface area (Å²) in [5.74, 6) is 0. The second-order valence-electron chi connectivity index (χ2n) is 4.33. The van der Waals surface area contributed by atoms with Crippen molar-refractivity contribution < 1.29 is 5.11 Å². The molecule has 2 rings (SSSR count). The van der Waals surface area contributed by atoms with Gasteiger partial charge >= 0.3 is 0 Å². The van der Waals surface area contributed by atoms with Crippen LogP contribution < -0.4 is 0 Å². The number of aliphatic hydroxyl groups is 1. The van der Waals surface area contributed by atoms with Crippen LogP contribution in [0.5, 0.6) is 0 Å². The van der Waals surface area contributed by atoms with Crippen molar-refractivity contribution in [3.8, 4) is 0 Å². The number of halogens is 1. The van der Waals surface area contributed by atoms with Gasteiger partial charge in [0.25, 0.3) is 0 Å². The zero-order valence-electron chi connectivity index (χ0n) is 10.8. The average molecular weight is 313 g/mol. The molecule has 6 heteroatoms. The van der Waals surface area contributed by atoms with Gasteiger partial charge in [-0.05, 0) is 29.8 Å². The Morgan fingerprint density at radius 1 is 1.50 bits per heavy atom. The predicted octanol–water partition coefficient (Wildman–Crippen LogP) is 1.98. The van der Waals surface area contributed by atoms with Crippen molar-refractivity contribution in [2.75, 3.05) is 0 Å². The van der Waals surface area contributed by atoms with E-state index in [2.05, 4.69) is 26.1 Å². The van der Waals surface area contributed by atoms with E-state index in [0.717, 1.165) is 28.0 Å². The Hall–Kier alpha value is -1.14. The highest BCUT2D eigenvalue weighted by atomic mass is 79.9. The Kier molecular flexibility index (Phi) is 3.87. The molecule has 0 fully saturated rings. The monoisotopic (exact) mass is 312 g/mol. The highest BCUT2D eigenvalue weighted by Crippen LogP contribution is 2.26. The third-order valence-electron chi connectivity index (χ3n) is 2.95. The first-order chi connectivity index (χ1) is 8.52. The molecule has 1 atom stereocenters. The van der Waals surface area contributed by atoms with E-state index < -0.39 is 6.10 Å². The topological polar surface area (TPSA) is 55.9 Å². The van der Waals surface area contributed by atoms with Crippen LogP contribution in [-0.2, 0) is 20.0 Å². The van der Waals surface area contributed by atoms with E-state index in [9.17, 15) is 5.11 Å². The minimum absolute atomic E-state index is 0.529. The lowest BCUT2D eigenvalue weighted by molar-refractivity contribution is 0.175. The van der Waals surface area contributed by atoms with Gasteiger partial charge in [-0.15, -0.1) is 0 Å². The first-order valence-corrected chi connectivity index (χ1v) is 6.70. The summed E-state index contributed by atoms with van der Waals surface area (Å²) in [6.45, 7) is 4.79. The highest BCUT2D eigenvalue weighted by Gasteiger charge is 2.18. The lowest BCUT2D eigenvalue weighted by Crippen LogP contribution is -2.08. The third kappa shape index (κ3) is 2.49. The standard InChI is InChI=1S/C12H17BrN4O/c1-4-17-10(12(13)8(2)15-17)5-11(18)9-6-14-16(3)7-9/h6-7,11,18H,4-5H2,1-3H3. The summed E-state index contributed by atoms with van der Waals surface area (Å²) in [5.41, 5.74) is 2.79. The summed E-state index contributed by atoms with van der Waals surface area (Å²) in [7, 11) is 1.84. The molecular weight excluding hydrogens is 296 g/mol. The Balaban J connectivity index is 2.23. The van der Waals surface area contributed by atoms with Crippen LogP contribution in [0.1, 0.15) is 30.0 Å². The van der Waals surface area contributed by atoms with Crippen LogP contribution in [0.15, 0.2) is 16.9 Å². The Bertz CT molecular complexity index is 546. The van der Waals surface area contributed by atoms with Crippen molar-refractivity contribution in [1.29, 1.82) is 0 Å². The summed E-state index contributed by atoms with van der Waals surface area (Å²) in [4.78, 5) is 0. The van der Waals surface area contributed by atoms with Crippen LogP contribution in [0.2, 0.25) is 0 Å². The Labute approximate surface area is 115 Å². The fraction of sp³-hybridized carbons (Fsp3) is 0.500. The Morgan fingerprint density at radius 3 is 2.78 bits per heavy atom. The molecule has 5 nitrogen and oxygen atoms in total. The van der Waals surface area contributed by atoms with E-state index in [1.807, 2.05) is 31.8 Å². The highest BCUT2D eigenvalue weighted by molar-refractivity contribution is 9.10. The molecule has 0 aliphatic carbocycles. The van der Waals surface area contributed by atoms with E-state index in [-0.39, 0.29) is 0 Å². The van der Waals surface area contributed by atoms with Gasteiger partial charge in [0.15, 0.2) is 0 Å². The molecule has 2 aromatic heterocycles. The first kappa shape index (κ1) is 13.3. The fourth-order valence-electron chi connectivity index (χ4n) is 1.98. The van der Waals surface area contributed by atoms with Crippen molar-refractivity contribution in [2.24, 2.45) is 7.05 Å². The number of aliphatic hydroxyl groups excluding tert-OH is 1. The summed E-state index contributed by atoms with van der Waals surface area (Å²) in [5, 5.41) is 18.7. The van der Waals surface area contributed by atoms with Crippen molar-refractivity contribution >= 4 is 15.9 Å². The summed E-state index contributed by atoms with van der Waals surface area (Å²) >= 11 is 3.53. The van der Waals surface area contributed by atoms with Crippen LogP contribution in [0.3, 0.4) is 0 Å². The minimum Gasteiger partial charge on any atom is -0.388 e. The van der Waals surface area contributed by atoms with Crippen LogP contribution in [0.25, 0.3) is 0 Å². The molecule has 1 N–H and O–H groups in total. The number of nitrogens with zero attached hydrogens (tertiary/aromatic N) is 4. The largest absolute Gasteiger partial charge is 0.388 e. The smallest absolute Gasteiger partial charge is 0.0876 e. The molecule has 2 aromatic rings. The SMILES string of the molecule is CCn1nc(C)c(Br)c1CC(O)c1cnn(C)c1. The molecule has 18 heavy (non-hydrogen) atoms. The molecule has 98 valence electrons. The fourth-order valence-corrected chi connectivity index (χ4v) is 2.42. The molecule has 0 aromatic carbocycles. The molecular formula is C12H17BrN4O. The van der Waals surface area contributed by atoms with E-state index in [1.165, 1.54) is 0 Å². The zero-order chi connectivity index (χ0) is 13.3. The summed E-state index contributed by atoms with van der Waals surface area (Å²) < 4.78 is 4.59. The maximum absolute atomic E-state index is 10.2. The Morgan fingerprint density at radius 2 is 2.22 bits per heavy atom. The lowest BCUT2D eigenvalue weighted by atomic mass is 10.1. The maximum atomic E-state index is 10.2. The maximum Gasteiger partial charge on any atom is 0.0876 e. The number of hydrogen-bond donors (Lipinski definition) is 1. The normalized spacial score (nSPS) is 12.9. The van der Waals surface area contributed by atoms with Crippen molar-refractivity contribution in [3.05, 3.63) is 33.8 Å². The number of hydrogen-bond acceptors (Lipinski definition) is 3. The van der Waals surface area contributed by atoms with Gasteiger partial charge in [-0.25, -0.2) is 0 Å². The van der Waals surface area contributed by atoms with E-state index in [1.54, 1.807) is 10.9 Å². The van der Waals surface area contributed by atoms with Crippen molar-refractivity contribution in [3.63, 3.8) is 0 Å². The van der Waals surface area contributed by atoms with E-state index in [0.29, 0.717) is 6.42 Å². The molecule has 0 aliphatic rings. The summed E-state index contributed by atoms with van der Waals surface area (Å²) in [6, 6.07) is 0. The van der Waals surface area contributed by atoms with Gasteiger partial charge in [0.1, 0.15) is 0 Å². The molecule has 0 saturated carbocycles. The van der Waals surface area contributed by atoms with E-state index in [4.69, 9.17) is 0 Å². The van der Waals surface area contributed by atoms with Gasteiger partial charge in [0, 0.05) is 31.8 Å². The van der Waals surface area contributed by atoms with Crippen LogP contribution in [0, 0.1) is 6.92 Å². The minimum atomic E-state index is -0.559. The van der Waals surface area contributed by atoms with Gasteiger partial charge in [-0.3, -0.25) is 9.36 Å². The van der Waals surface area contributed by atoms with Gasteiger partial charge in [-0.1, -0.05) is 0 Å². The number of aryl methyl sites for hydroxylation is 3. The first-order valence-electron chi connectivity index (χ1n) is 5.91. The number of rotatable bonds is 4. The predicted molar refractivity (Wildman–Crippen MR) is 72.2 cm³/mol. The molecule has 0 radical (unpaired) electrons. The third-order valence-corrected chi connectivity index (χ3v) is 3.98. The molecule has 1 unspecified atom stereocenters. The molecule has 0 saturated heterocycles. The van der Waals surface area contributed by atoms with E-state index >= 15 is 0 Å². The van der Waals surface area contributed by atoms with Crippen LogP contribution in [-0.4, -0.2) is 24.7 Å². The van der Waals surface area contributed by atoms with Crippen LogP contribution >= 0.6 is 15.9 Å².